The Kier molecular flexibility index (Phi) is 4.04. The van der Waals surface area contributed by atoms with Crippen molar-refractivity contribution in [2.75, 3.05) is 18.9 Å². The molecule has 1 aromatic carbocycles. The molecule has 2 rings (SSSR count). The molecule has 2 amide bonds. The number of fused-ring (bicyclic) bond motifs is 1. The molecule has 2 atom stereocenters. The standard InChI is InChI=1S/C14H19N3O2/c1-9(14(19)15-2)17-13(18)7-10-8-16-12-6-4-3-5-11(10)12/h3-6,9-10,16H,7-8H2,1-2H3,(H,15,19)(H,17,18). The maximum absolute atomic E-state index is 11.9. The second kappa shape index (κ2) is 5.73. The maximum atomic E-state index is 11.9. The molecule has 19 heavy (non-hydrogen) atoms. The number of amides is 2. The summed E-state index contributed by atoms with van der Waals surface area (Å²) in [4.78, 5) is 23.3. The Bertz CT molecular complexity index is 487. The van der Waals surface area contributed by atoms with Crippen LogP contribution in [0.2, 0.25) is 0 Å². The van der Waals surface area contributed by atoms with Crippen LogP contribution in [-0.2, 0) is 9.59 Å². The van der Waals surface area contributed by atoms with Crippen LogP contribution in [0.15, 0.2) is 24.3 Å². The Hall–Kier alpha value is -2.04. The number of para-hydroxylation sites is 1. The smallest absolute Gasteiger partial charge is 0.242 e. The van der Waals surface area contributed by atoms with Gasteiger partial charge in [0.05, 0.1) is 0 Å². The highest BCUT2D eigenvalue weighted by Crippen LogP contribution is 2.32. The second-order valence-corrected chi connectivity index (χ2v) is 4.77. The summed E-state index contributed by atoms with van der Waals surface area (Å²) in [5.41, 5.74) is 2.27. The molecular weight excluding hydrogens is 242 g/mol. The molecule has 0 bridgehead atoms. The zero-order valence-electron chi connectivity index (χ0n) is 11.2. The Morgan fingerprint density at radius 2 is 2.16 bits per heavy atom. The first kappa shape index (κ1) is 13.4. The SMILES string of the molecule is CNC(=O)C(C)NC(=O)CC1CNc2ccccc21. The summed E-state index contributed by atoms with van der Waals surface area (Å²) in [6.07, 6.45) is 0.394. The Labute approximate surface area is 112 Å². The summed E-state index contributed by atoms with van der Waals surface area (Å²) in [6.45, 7) is 2.44. The van der Waals surface area contributed by atoms with Gasteiger partial charge in [0, 0.05) is 31.6 Å². The van der Waals surface area contributed by atoms with Gasteiger partial charge in [-0.15, -0.1) is 0 Å². The lowest BCUT2D eigenvalue weighted by Crippen LogP contribution is -2.43. The first-order valence-electron chi connectivity index (χ1n) is 6.45. The normalized spacial score (nSPS) is 18.1. The first-order valence-corrected chi connectivity index (χ1v) is 6.45. The van der Waals surface area contributed by atoms with E-state index in [1.54, 1.807) is 14.0 Å². The molecule has 102 valence electrons. The van der Waals surface area contributed by atoms with Crippen LogP contribution in [0.25, 0.3) is 0 Å². The highest BCUT2D eigenvalue weighted by Gasteiger charge is 2.25. The number of nitrogens with one attached hydrogen (secondary N) is 3. The molecule has 0 aromatic heterocycles. The van der Waals surface area contributed by atoms with Crippen LogP contribution in [0.3, 0.4) is 0 Å². The number of rotatable bonds is 4. The van der Waals surface area contributed by atoms with Gasteiger partial charge in [0.25, 0.3) is 0 Å². The lowest BCUT2D eigenvalue weighted by Gasteiger charge is -2.14. The number of anilines is 1. The quantitative estimate of drug-likeness (QED) is 0.752. The zero-order chi connectivity index (χ0) is 13.8. The fourth-order valence-electron chi connectivity index (χ4n) is 2.35. The Balaban J connectivity index is 1.92. The highest BCUT2D eigenvalue weighted by atomic mass is 16.2. The Morgan fingerprint density at radius 3 is 2.89 bits per heavy atom. The van der Waals surface area contributed by atoms with Gasteiger partial charge in [0.1, 0.15) is 6.04 Å². The van der Waals surface area contributed by atoms with E-state index in [1.807, 2.05) is 24.3 Å². The molecule has 0 radical (unpaired) electrons. The van der Waals surface area contributed by atoms with Crippen LogP contribution in [-0.4, -0.2) is 31.4 Å². The van der Waals surface area contributed by atoms with Crippen molar-refractivity contribution >= 4 is 17.5 Å². The minimum Gasteiger partial charge on any atom is -0.384 e. The molecular formula is C14H19N3O2. The number of hydrogen-bond acceptors (Lipinski definition) is 3. The number of carbonyl (C=O) groups is 2. The van der Waals surface area contributed by atoms with Crippen molar-refractivity contribution in [2.24, 2.45) is 0 Å². The summed E-state index contributed by atoms with van der Waals surface area (Å²) in [7, 11) is 1.56. The van der Waals surface area contributed by atoms with E-state index in [-0.39, 0.29) is 17.7 Å². The predicted molar refractivity (Wildman–Crippen MR) is 74.0 cm³/mol. The monoisotopic (exact) mass is 261 g/mol. The molecule has 0 fully saturated rings. The van der Waals surface area contributed by atoms with Crippen LogP contribution in [0.4, 0.5) is 5.69 Å². The fourth-order valence-corrected chi connectivity index (χ4v) is 2.35. The topological polar surface area (TPSA) is 70.2 Å². The summed E-state index contributed by atoms with van der Waals surface area (Å²) in [6, 6.07) is 7.50. The van der Waals surface area contributed by atoms with Crippen molar-refractivity contribution in [3.63, 3.8) is 0 Å². The lowest BCUT2D eigenvalue weighted by atomic mass is 9.97. The largest absolute Gasteiger partial charge is 0.384 e. The van der Waals surface area contributed by atoms with E-state index in [4.69, 9.17) is 0 Å². The van der Waals surface area contributed by atoms with E-state index in [0.29, 0.717) is 6.42 Å². The van der Waals surface area contributed by atoms with Crippen molar-refractivity contribution in [1.82, 2.24) is 10.6 Å². The third kappa shape index (κ3) is 3.05. The van der Waals surface area contributed by atoms with E-state index in [1.165, 1.54) is 5.56 Å². The van der Waals surface area contributed by atoms with Gasteiger partial charge in [0.2, 0.25) is 11.8 Å². The van der Waals surface area contributed by atoms with Gasteiger partial charge in [-0.25, -0.2) is 0 Å². The van der Waals surface area contributed by atoms with Gasteiger partial charge < -0.3 is 16.0 Å². The van der Waals surface area contributed by atoms with E-state index in [9.17, 15) is 9.59 Å². The molecule has 1 heterocycles. The first-order chi connectivity index (χ1) is 9.11. The van der Waals surface area contributed by atoms with Crippen LogP contribution in [0.1, 0.15) is 24.8 Å². The number of benzene rings is 1. The van der Waals surface area contributed by atoms with Crippen LogP contribution in [0, 0.1) is 0 Å². The average Bonchev–Trinajstić information content (AvgIpc) is 2.81. The molecule has 2 unspecified atom stereocenters. The van der Waals surface area contributed by atoms with Crippen molar-refractivity contribution in [3.8, 4) is 0 Å². The van der Waals surface area contributed by atoms with Crippen LogP contribution in [0.5, 0.6) is 0 Å². The van der Waals surface area contributed by atoms with E-state index in [2.05, 4.69) is 16.0 Å². The van der Waals surface area contributed by atoms with Crippen molar-refractivity contribution < 1.29 is 9.59 Å². The average molecular weight is 261 g/mol. The predicted octanol–water partition coefficient (Wildman–Crippen LogP) is 0.836. The molecule has 1 aromatic rings. The lowest BCUT2D eigenvalue weighted by molar-refractivity contribution is -0.128. The minimum absolute atomic E-state index is 0.0976. The van der Waals surface area contributed by atoms with Gasteiger partial charge in [-0.3, -0.25) is 9.59 Å². The fraction of sp³-hybridized carbons (Fsp3) is 0.429. The zero-order valence-corrected chi connectivity index (χ0v) is 11.2. The molecule has 0 spiro atoms. The molecule has 0 aliphatic carbocycles. The molecule has 1 aliphatic heterocycles. The summed E-state index contributed by atoms with van der Waals surface area (Å²) in [5.74, 6) is -0.106. The minimum atomic E-state index is -0.498. The van der Waals surface area contributed by atoms with E-state index in [0.717, 1.165) is 12.2 Å². The van der Waals surface area contributed by atoms with Gasteiger partial charge in [-0.2, -0.15) is 0 Å². The molecule has 5 heteroatoms. The molecule has 5 nitrogen and oxygen atoms in total. The van der Waals surface area contributed by atoms with Crippen LogP contribution < -0.4 is 16.0 Å². The van der Waals surface area contributed by atoms with Gasteiger partial charge in [-0.1, -0.05) is 18.2 Å². The molecule has 1 aliphatic rings. The maximum Gasteiger partial charge on any atom is 0.242 e. The molecule has 3 N–H and O–H groups in total. The third-order valence-electron chi connectivity index (χ3n) is 3.39. The van der Waals surface area contributed by atoms with E-state index >= 15 is 0 Å². The van der Waals surface area contributed by atoms with Crippen molar-refractivity contribution in [3.05, 3.63) is 29.8 Å². The van der Waals surface area contributed by atoms with Gasteiger partial charge in [-0.05, 0) is 18.6 Å². The highest BCUT2D eigenvalue weighted by molar-refractivity contribution is 5.87. The second-order valence-electron chi connectivity index (χ2n) is 4.77. The van der Waals surface area contributed by atoms with Gasteiger partial charge >= 0.3 is 0 Å². The Morgan fingerprint density at radius 1 is 1.42 bits per heavy atom. The molecule has 0 saturated carbocycles. The van der Waals surface area contributed by atoms with Gasteiger partial charge in [0.15, 0.2) is 0 Å². The summed E-state index contributed by atoms with van der Waals surface area (Å²) >= 11 is 0. The van der Waals surface area contributed by atoms with Crippen molar-refractivity contribution in [1.29, 1.82) is 0 Å². The summed E-state index contributed by atoms with van der Waals surface area (Å²) in [5, 5.41) is 8.51. The van der Waals surface area contributed by atoms with Crippen molar-refractivity contribution in [2.45, 2.75) is 25.3 Å². The third-order valence-corrected chi connectivity index (χ3v) is 3.39. The number of hydrogen-bond donors (Lipinski definition) is 3. The molecule has 0 saturated heterocycles. The summed E-state index contributed by atoms with van der Waals surface area (Å²) < 4.78 is 0. The number of carbonyl (C=O) groups excluding carboxylic acids is 2. The van der Waals surface area contributed by atoms with Crippen LogP contribution >= 0.6 is 0 Å². The number of likely N-dealkylation sites (N-methyl/N-ethyl adjacent to an activating group) is 1. The van der Waals surface area contributed by atoms with E-state index < -0.39 is 6.04 Å².